The fourth-order valence-corrected chi connectivity index (χ4v) is 3.70. The normalized spacial score (nSPS) is 19.1. The van der Waals surface area contributed by atoms with Crippen LogP contribution in [-0.4, -0.2) is 31.0 Å². The highest BCUT2D eigenvalue weighted by Gasteiger charge is 2.54. The monoisotopic (exact) mass is 304 g/mol. The van der Waals surface area contributed by atoms with E-state index in [2.05, 4.69) is 0 Å². The van der Waals surface area contributed by atoms with E-state index in [1.54, 1.807) is 0 Å². The lowest BCUT2D eigenvalue weighted by Crippen LogP contribution is -2.27. The lowest BCUT2D eigenvalue weighted by atomic mass is 10.2. The minimum Gasteiger partial charge on any atom is -0.391 e. The summed E-state index contributed by atoms with van der Waals surface area (Å²) in [5.74, 6) is 0. The van der Waals surface area contributed by atoms with Crippen molar-refractivity contribution in [2.24, 2.45) is 0 Å². The average Bonchev–Trinajstić information content (AvgIpc) is 3.11. The predicted octanol–water partition coefficient (Wildman–Crippen LogP) is 2.06. The van der Waals surface area contributed by atoms with Gasteiger partial charge < -0.3 is 9.84 Å². The molecular weight excluding hydrogens is 288 g/mol. The molecule has 0 heterocycles. The maximum atomic E-state index is 11.4. The van der Waals surface area contributed by atoms with Crippen molar-refractivity contribution in [1.82, 2.24) is 0 Å². The van der Waals surface area contributed by atoms with Gasteiger partial charge in [-0.15, -0.1) is 0 Å². The van der Waals surface area contributed by atoms with Crippen LogP contribution in [0.5, 0.6) is 0 Å². The Kier molecular flexibility index (Phi) is 4.50. The van der Waals surface area contributed by atoms with Crippen molar-refractivity contribution in [2.75, 3.05) is 6.61 Å². The van der Waals surface area contributed by atoms with Gasteiger partial charge in [-0.3, -0.25) is 0 Å². The summed E-state index contributed by atoms with van der Waals surface area (Å²) < 4.78 is 27.2. The number of aliphatic hydroxyl groups is 1. The van der Waals surface area contributed by atoms with E-state index in [1.165, 1.54) is 0 Å². The minimum atomic E-state index is -3.61. The third-order valence-electron chi connectivity index (χ3n) is 3.35. The van der Waals surface area contributed by atoms with Gasteiger partial charge in [0.25, 0.3) is 0 Å². The van der Waals surface area contributed by atoms with E-state index in [0.717, 1.165) is 5.56 Å². The maximum Gasteiger partial charge on any atom is 0.238 e. The largest absolute Gasteiger partial charge is 0.391 e. The summed E-state index contributed by atoms with van der Waals surface area (Å²) in [5.41, 5.74) is 1.01. The van der Waals surface area contributed by atoms with Crippen LogP contribution < -0.4 is 0 Å². The molecule has 1 aromatic rings. The summed E-state index contributed by atoms with van der Waals surface area (Å²) in [6.07, 6.45) is 0.385. The SMILES string of the molecule is O=S(=O)(Cl)C1(CC(O)COCc2ccccc2)CC1. The Balaban J connectivity index is 1.75. The maximum absolute atomic E-state index is 11.4. The minimum absolute atomic E-state index is 0.114. The van der Waals surface area contributed by atoms with Crippen molar-refractivity contribution in [1.29, 1.82) is 0 Å². The van der Waals surface area contributed by atoms with Crippen LogP contribution in [-0.2, 0) is 20.4 Å². The number of rotatable bonds is 7. The summed E-state index contributed by atoms with van der Waals surface area (Å²) in [6, 6.07) is 9.60. The molecule has 1 unspecified atom stereocenters. The molecule has 1 fully saturated rings. The summed E-state index contributed by atoms with van der Waals surface area (Å²) in [7, 11) is 1.77. The van der Waals surface area contributed by atoms with Gasteiger partial charge in [-0.1, -0.05) is 30.3 Å². The van der Waals surface area contributed by atoms with Crippen molar-refractivity contribution in [3.8, 4) is 0 Å². The fraction of sp³-hybridized carbons (Fsp3) is 0.538. The molecule has 0 amide bonds. The molecule has 1 atom stereocenters. The molecule has 0 spiro atoms. The zero-order chi connectivity index (χ0) is 13.9. The number of benzene rings is 1. The Morgan fingerprint density at radius 3 is 2.47 bits per heavy atom. The molecule has 1 aliphatic carbocycles. The van der Waals surface area contributed by atoms with E-state index < -0.39 is 19.9 Å². The number of halogens is 1. The molecule has 0 radical (unpaired) electrons. The summed E-state index contributed by atoms with van der Waals surface area (Å²) in [4.78, 5) is 0. The van der Waals surface area contributed by atoms with E-state index >= 15 is 0 Å². The van der Waals surface area contributed by atoms with Gasteiger partial charge in [0.2, 0.25) is 9.05 Å². The first kappa shape index (κ1) is 14.8. The van der Waals surface area contributed by atoms with Crippen molar-refractivity contribution >= 4 is 19.7 Å². The molecule has 19 heavy (non-hydrogen) atoms. The quantitative estimate of drug-likeness (QED) is 0.783. The van der Waals surface area contributed by atoms with Gasteiger partial charge in [0, 0.05) is 10.7 Å². The van der Waals surface area contributed by atoms with Crippen molar-refractivity contribution in [3.63, 3.8) is 0 Å². The van der Waals surface area contributed by atoms with Gasteiger partial charge in [0.05, 0.1) is 24.1 Å². The van der Waals surface area contributed by atoms with Crippen LogP contribution in [0.1, 0.15) is 24.8 Å². The molecule has 0 aromatic heterocycles. The summed E-state index contributed by atoms with van der Waals surface area (Å²) >= 11 is 0. The number of aliphatic hydroxyl groups excluding tert-OH is 1. The highest BCUT2D eigenvalue weighted by Crippen LogP contribution is 2.49. The van der Waals surface area contributed by atoms with Gasteiger partial charge >= 0.3 is 0 Å². The Hall–Kier alpha value is -0.620. The Morgan fingerprint density at radius 1 is 1.32 bits per heavy atom. The Labute approximate surface area is 117 Å². The molecule has 106 valence electrons. The molecule has 4 nitrogen and oxygen atoms in total. The van der Waals surface area contributed by atoms with Crippen LogP contribution in [0.3, 0.4) is 0 Å². The summed E-state index contributed by atoms with van der Waals surface area (Å²) in [5, 5.41) is 9.82. The van der Waals surface area contributed by atoms with Gasteiger partial charge in [-0.25, -0.2) is 8.42 Å². The number of hydrogen-bond acceptors (Lipinski definition) is 4. The zero-order valence-electron chi connectivity index (χ0n) is 10.5. The smallest absolute Gasteiger partial charge is 0.238 e. The average molecular weight is 305 g/mol. The second-order valence-electron chi connectivity index (χ2n) is 4.98. The first-order valence-electron chi connectivity index (χ1n) is 6.17. The first-order valence-corrected chi connectivity index (χ1v) is 8.48. The van der Waals surface area contributed by atoms with Crippen molar-refractivity contribution < 1.29 is 18.3 Å². The standard InChI is InChI=1S/C13H17ClO4S/c14-19(16,17)13(6-7-13)8-12(15)10-18-9-11-4-2-1-3-5-11/h1-5,12,15H,6-10H2. The van der Waals surface area contributed by atoms with E-state index in [1.807, 2.05) is 30.3 Å². The van der Waals surface area contributed by atoms with Gasteiger partial charge in [-0.2, -0.15) is 0 Å². The van der Waals surface area contributed by atoms with Crippen LogP contribution in [0, 0.1) is 0 Å². The summed E-state index contributed by atoms with van der Waals surface area (Å²) in [6.45, 7) is 0.515. The molecule has 1 N–H and O–H groups in total. The highest BCUT2D eigenvalue weighted by atomic mass is 35.7. The number of ether oxygens (including phenoxy) is 1. The van der Waals surface area contributed by atoms with Gasteiger partial charge in [-0.05, 0) is 24.8 Å². The third-order valence-corrected chi connectivity index (χ3v) is 5.95. The molecule has 1 aromatic carbocycles. The van der Waals surface area contributed by atoms with E-state index in [0.29, 0.717) is 19.4 Å². The molecule has 0 saturated heterocycles. The third kappa shape index (κ3) is 3.92. The number of hydrogen-bond donors (Lipinski definition) is 1. The van der Waals surface area contributed by atoms with Crippen molar-refractivity contribution in [3.05, 3.63) is 35.9 Å². The lowest BCUT2D eigenvalue weighted by molar-refractivity contribution is 0.0232. The Morgan fingerprint density at radius 2 is 1.95 bits per heavy atom. The van der Waals surface area contributed by atoms with E-state index in [-0.39, 0.29) is 13.0 Å². The zero-order valence-corrected chi connectivity index (χ0v) is 12.0. The Bertz CT molecular complexity index is 511. The first-order chi connectivity index (χ1) is 8.93. The molecule has 2 rings (SSSR count). The van der Waals surface area contributed by atoms with Crippen LogP contribution in [0.25, 0.3) is 0 Å². The van der Waals surface area contributed by atoms with Gasteiger partial charge in [0.15, 0.2) is 0 Å². The lowest BCUT2D eigenvalue weighted by Gasteiger charge is -2.16. The van der Waals surface area contributed by atoms with Crippen LogP contribution in [0.4, 0.5) is 0 Å². The topological polar surface area (TPSA) is 63.6 Å². The predicted molar refractivity (Wildman–Crippen MR) is 73.5 cm³/mol. The molecule has 1 aliphatic rings. The van der Waals surface area contributed by atoms with E-state index in [9.17, 15) is 13.5 Å². The highest BCUT2D eigenvalue weighted by molar-refractivity contribution is 8.15. The van der Waals surface area contributed by atoms with Crippen LogP contribution in [0.15, 0.2) is 30.3 Å². The molecule has 6 heteroatoms. The molecular formula is C13H17ClO4S. The van der Waals surface area contributed by atoms with Crippen LogP contribution in [0.2, 0.25) is 0 Å². The second kappa shape index (κ2) is 5.79. The van der Waals surface area contributed by atoms with Crippen molar-refractivity contribution in [2.45, 2.75) is 36.7 Å². The molecule has 1 saturated carbocycles. The fourth-order valence-electron chi connectivity index (χ4n) is 2.06. The molecule has 0 bridgehead atoms. The van der Waals surface area contributed by atoms with Crippen LogP contribution >= 0.6 is 10.7 Å². The van der Waals surface area contributed by atoms with E-state index in [4.69, 9.17) is 15.4 Å². The molecule has 0 aliphatic heterocycles. The second-order valence-corrected chi connectivity index (χ2v) is 7.94. The van der Waals surface area contributed by atoms with Gasteiger partial charge in [0.1, 0.15) is 0 Å².